The topological polar surface area (TPSA) is 50.8 Å². The summed E-state index contributed by atoms with van der Waals surface area (Å²) in [5.74, 6) is 0.443. The van der Waals surface area contributed by atoms with E-state index in [-0.39, 0.29) is 5.69 Å². The fourth-order valence-corrected chi connectivity index (χ4v) is 3.70. The smallest absolute Gasteiger partial charge is 0.416 e. The number of nitrogens with one attached hydrogen (secondary N) is 1. The molecule has 1 unspecified atom stereocenters. The quantitative estimate of drug-likeness (QED) is 0.675. The van der Waals surface area contributed by atoms with Crippen LogP contribution in [0.5, 0.6) is 0 Å². The Morgan fingerprint density at radius 2 is 2.04 bits per heavy atom. The number of hydrogen-bond donors (Lipinski definition) is 1. The summed E-state index contributed by atoms with van der Waals surface area (Å²) in [5.41, 5.74) is 0.0810. The predicted molar refractivity (Wildman–Crippen MR) is 99.4 cm³/mol. The maximum Gasteiger partial charge on any atom is 0.416 e. The molecule has 3 aromatic rings. The number of nitrogens with zero attached hydrogens (tertiary/aromatic N) is 2. The van der Waals surface area contributed by atoms with Crippen molar-refractivity contribution in [2.75, 3.05) is 11.9 Å². The molecule has 0 saturated heterocycles. The van der Waals surface area contributed by atoms with E-state index in [0.717, 1.165) is 28.5 Å². The number of carbonyl (C=O) groups is 1. The van der Waals surface area contributed by atoms with Crippen molar-refractivity contribution in [1.82, 2.24) is 4.98 Å². The molecule has 3 rings (SSSR count). The maximum atomic E-state index is 13.0. The lowest BCUT2D eigenvalue weighted by atomic mass is 10.2. The number of amides is 1. The van der Waals surface area contributed by atoms with E-state index >= 15 is 0 Å². The Hall–Kier alpha value is -2.65. The first-order valence-corrected chi connectivity index (χ1v) is 9.38. The van der Waals surface area contributed by atoms with Crippen LogP contribution in [-0.4, -0.2) is 17.9 Å². The van der Waals surface area contributed by atoms with Crippen LogP contribution in [0.15, 0.2) is 52.5 Å². The molecule has 1 aromatic carbocycles. The van der Waals surface area contributed by atoms with E-state index in [1.165, 1.54) is 35.3 Å². The average molecular weight is 410 g/mol. The van der Waals surface area contributed by atoms with E-state index in [2.05, 4.69) is 4.98 Å². The van der Waals surface area contributed by atoms with Crippen LogP contribution in [0.4, 0.5) is 24.0 Å². The first-order valence-electron chi connectivity index (χ1n) is 8.50. The van der Waals surface area contributed by atoms with Gasteiger partial charge in [-0.05, 0) is 30.3 Å². The third kappa shape index (κ3) is 4.79. The largest absolute Gasteiger partial charge is 0.463 e. The molecule has 5 nitrogen and oxygen atoms in total. The molecule has 2 aromatic heterocycles. The van der Waals surface area contributed by atoms with Gasteiger partial charge in [0.15, 0.2) is 10.9 Å². The molecule has 0 aliphatic heterocycles. The van der Waals surface area contributed by atoms with E-state index < -0.39 is 17.6 Å². The van der Waals surface area contributed by atoms with Crippen LogP contribution in [0.1, 0.15) is 23.9 Å². The predicted octanol–water partition coefficient (Wildman–Crippen LogP) is 3.65. The molecular weight excluding hydrogens is 391 g/mol. The molecule has 2 heterocycles. The van der Waals surface area contributed by atoms with Gasteiger partial charge in [-0.3, -0.25) is 9.69 Å². The summed E-state index contributed by atoms with van der Waals surface area (Å²) in [7, 11) is 1.98. The van der Waals surface area contributed by atoms with Gasteiger partial charge in [0.1, 0.15) is 18.8 Å². The number of quaternary nitrogens is 1. The summed E-state index contributed by atoms with van der Waals surface area (Å²) < 4.78 is 44.4. The Morgan fingerprint density at radius 3 is 2.68 bits per heavy atom. The highest BCUT2D eigenvalue weighted by Crippen LogP contribution is 2.34. The van der Waals surface area contributed by atoms with Gasteiger partial charge in [0.25, 0.3) is 0 Å². The Bertz CT molecular complexity index is 938. The summed E-state index contributed by atoms with van der Waals surface area (Å²) in [4.78, 5) is 18.9. The Kier molecular flexibility index (Phi) is 5.85. The molecule has 1 atom stereocenters. The second-order valence-electron chi connectivity index (χ2n) is 6.41. The summed E-state index contributed by atoms with van der Waals surface area (Å²) >= 11 is 1.22. The third-order valence-corrected chi connectivity index (χ3v) is 4.89. The molecule has 0 aliphatic carbocycles. The molecule has 1 N–H and O–H groups in total. The number of aromatic nitrogens is 1. The van der Waals surface area contributed by atoms with Gasteiger partial charge < -0.3 is 9.32 Å². The minimum absolute atomic E-state index is 0.138. The molecule has 0 bridgehead atoms. The normalized spacial score (nSPS) is 12.8. The molecule has 148 valence electrons. The van der Waals surface area contributed by atoms with Crippen LogP contribution >= 0.6 is 11.3 Å². The fourth-order valence-electron chi connectivity index (χ4n) is 2.81. The van der Waals surface area contributed by atoms with Gasteiger partial charge in [-0.15, -0.1) is 11.3 Å². The second-order valence-corrected chi connectivity index (χ2v) is 7.25. The number of rotatable bonds is 6. The summed E-state index contributed by atoms with van der Waals surface area (Å²) in [6.07, 6.45) is -2.87. The highest BCUT2D eigenvalue weighted by atomic mass is 32.1. The standard InChI is InChI=1S/C19H18F3N3O2S/c1-13(26)25(16-6-3-5-14(9-16)19(20,21)22)18-23-15(12-28-18)10-24(2)11-17-7-4-8-27-17/h3-9,12H,10-11H2,1-2H3/p+1. The van der Waals surface area contributed by atoms with Crippen molar-refractivity contribution in [3.8, 4) is 0 Å². The van der Waals surface area contributed by atoms with Gasteiger partial charge in [0.05, 0.1) is 24.6 Å². The molecule has 28 heavy (non-hydrogen) atoms. The molecule has 0 spiro atoms. The van der Waals surface area contributed by atoms with Crippen molar-refractivity contribution in [2.24, 2.45) is 0 Å². The van der Waals surface area contributed by atoms with Crippen LogP contribution in [0.2, 0.25) is 0 Å². The minimum Gasteiger partial charge on any atom is -0.463 e. The van der Waals surface area contributed by atoms with Gasteiger partial charge in [0.2, 0.25) is 5.91 Å². The molecule has 0 fully saturated rings. The van der Waals surface area contributed by atoms with E-state index in [4.69, 9.17) is 4.42 Å². The lowest BCUT2D eigenvalue weighted by Gasteiger charge is -2.19. The molecule has 0 aliphatic rings. The third-order valence-electron chi connectivity index (χ3n) is 4.02. The second kappa shape index (κ2) is 8.15. The van der Waals surface area contributed by atoms with Gasteiger partial charge >= 0.3 is 6.18 Å². The summed E-state index contributed by atoms with van der Waals surface area (Å²) in [5, 5.41) is 2.15. The number of halogens is 3. The van der Waals surface area contributed by atoms with Crippen LogP contribution < -0.4 is 9.80 Å². The van der Waals surface area contributed by atoms with Crippen molar-refractivity contribution < 1.29 is 27.3 Å². The SMILES string of the molecule is CC(=O)N(c1cccc(C(F)(F)F)c1)c1nc(C[NH+](C)Cc2ccco2)cs1. The Labute approximate surface area is 164 Å². The van der Waals surface area contributed by atoms with E-state index in [1.807, 2.05) is 24.6 Å². The van der Waals surface area contributed by atoms with Crippen LogP contribution in [-0.2, 0) is 24.1 Å². The molecule has 1 amide bonds. The number of furan rings is 1. The zero-order valence-corrected chi connectivity index (χ0v) is 16.1. The van der Waals surface area contributed by atoms with Crippen molar-refractivity contribution in [2.45, 2.75) is 26.2 Å². The number of alkyl halides is 3. The number of carbonyl (C=O) groups excluding carboxylic acids is 1. The highest BCUT2D eigenvalue weighted by Gasteiger charge is 2.31. The van der Waals surface area contributed by atoms with Gasteiger partial charge in [0, 0.05) is 12.3 Å². The molecule has 0 saturated carbocycles. The summed E-state index contributed by atoms with van der Waals surface area (Å²) in [6.45, 7) is 2.56. The minimum atomic E-state index is -4.48. The van der Waals surface area contributed by atoms with Crippen molar-refractivity contribution in [1.29, 1.82) is 0 Å². The zero-order valence-electron chi connectivity index (χ0n) is 15.3. The fraction of sp³-hybridized carbons (Fsp3) is 0.263. The van der Waals surface area contributed by atoms with Crippen molar-refractivity contribution in [3.05, 3.63) is 65.1 Å². The number of benzene rings is 1. The van der Waals surface area contributed by atoms with E-state index in [9.17, 15) is 18.0 Å². The number of hydrogen-bond acceptors (Lipinski definition) is 4. The van der Waals surface area contributed by atoms with Crippen LogP contribution in [0.3, 0.4) is 0 Å². The van der Waals surface area contributed by atoms with Crippen LogP contribution in [0.25, 0.3) is 0 Å². The zero-order chi connectivity index (χ0) is 20.3. The first-order chi connectivity index (χ1) is 13.2. The van der Waals surface area contributed by atoms with Crippen molar-refractivity contribution in [3.63, 3.8) is 0 Å². The lowest BCUT2D eigenvalue weighted by Crippen LogP contribution is -3.06. The Morgan fingerprint density at radius 1 is 1.25 bits per heavy atom. The lowest BCUT2D eigenvalue weighted by molar-refractivity contribution is -0.909. The van der Waals surface area contributed by atoms with Crippen LogP contribution in [0, 0.1) is 0 Å². The van der Waals surface area contributed by atoms with E-state index in [0.29, 0.717) is 18.2 Å². The Balaban J connectivity index is 1.80. The monoisotopic (exact) mass is 410 g/mol. The molecule has 0 radical (unpaired) electrons. The number of thiazole rings is 1. The average Bonchev–Trinajstić information content (AvgIpc) is 3.26. The summed E-state index contributed by atoms with van der Waals surface area (Å²) in [6, 6.07) is 8.39. The number of anilines is 2. The molecule has 9 heteroatoms. The van der Waals surface area contributed by atoms with Gasteiger partial charge in [-0.1, -0.05) is 6.07 Å². The van der Waals surface area contributed by atoms with Crippen molar-refractivity contribution >= 4 is 28.1 Å². The van der Waals surface area contributed by atoms with Gasteiger partial charge in [-0.2, -0.15) is 13.2 Å². The molecular formula is C19H19F3N3O2S+. The first kappa shape index (κ1) is 20.1. The highest BCUT2D eigenvalue weighted by molar-refractivity contribution is 7.14. The van der Waals surface area contributed by atoms with E-state index in [1.54, 1.807) is 6.26 Å². The van der Waals surface area contributed by atoms with Gasteiger partial charge in [-0.25, -0.2) is 4.98 Å². The maximum absolute atomic E-state index is 13.0.